The molecule has 28 heavy (non-hydrogen) atoms. The SMILES string of the molecule is CCS(=O)(=O)Nc1ccc(C(=O)Nc2ccc(N3CCN(C)CC3)cc2)cc1. The summed E-state index contributed by atoms with van der Waals surface area (Å²) < 4.78 is 25.6. The lowest BCUT2D eigenvalue weighted by atomic mass is 10.2. The van der Waals surface area contributed by atoms with Crippen LogP contribution in [0.4, 0.5) is 17.1 Å². The van der Waals surface area contributed by atoms with Crippen LogP contribution >= 0.6 is 0 Å². The van der Waals surface area contributed by atoms with Crippen molar-refractivity contribution in [1.82, 2.24) is 4.90 Å². The van der Waals surface area contributed by atoms with Crippen LogP contribution in [0.2, 0.25) is 0 Å². The number of carbonyl (C=O) groups is 1. The number of sulfonamides is 1. The lowest BCUT2D eigenvalue weighted by Gasteiger charge is -2.34. The number of hydrogen-bond acceptors (Lipinski definition) is 5. The molecule has 0 radical (unpaired) electrons. The van der Waals surface area contributed by atoms with Crippen molar-refractivity contribution in [2.75, 3.05) is 53.9 Å². The summed E-state index contributed by atoms with van der Waals surface area (Å²) in [5.41, 5.74) is 2.77. The van der Waals surface area contributed by atoms with Crippen LogP contribution in [0.15, 0.2) is 48.5 Å². The summed E-state index contributed by atoms with van der Waals surface area (Å²) in [6.45, 7) is 5.65. The average molecular weight is 403 g/mol. The Balaban J connectivity index is 1.60. The molecule has 1 saturated heterocycles. The third-order valence-electron chi connectivity index (χ3n) is 4.79. The number of rotatable bonds is 6. The number of nitrogens with zero attached hydrogens (tertiary/aromatic N) is 2. The smallest absolute Gasteiger partial charge is 0.255 e. The maximum Gasteiger partial charge on any atom is 0.255 e. The molecule has 2 N–H and O–H groups in total. The highest BCUT2D eigenvalue weighted by molar-refractivity contribution is 7.92. The first-order valence-corrected chi connectivity index (χ1v) is 11.0. The number of benzene rings is 2. The van der Waals surface area contributed by atoms with E-state index >= 15 is 0 Å². The van der Waals surface area contributed by atoms with Crippen LogP contribution in [0.3, 0.4) is 0 Å². The lowest BCUT2D eigenvalue weighted by Crippen LogP contribution is -2.44. The maximum absolute atomic E-state index is 12.4. The van der Waals surface area contributed by atoms with E-state index in [0.717, 1.165) is 37.6 Å². The van der Waals surface area contributed by atoms with Gasteiger partial charge in [-0.1, -0.05) is 0 Å². The van der Waals surface area contributed by atoms with Crippen molar-refractivity contribution in [3.63, 3.8) is 0 Å². The van der Waals surface area contributed by atoms with Crippen molar-refractivity contribution in [3.8, 4) is 0 Å². The molecular weight excluding hydrogens is 376 g/mol. The summed E-state index contributed by atoms with van der Waals surface area (Å²) in [6, 6.07) is 14.2. The van der Waals surface area contributed by atoms with E-state index in [1.807, 2.05) is 24.3 Å². The standard InChI is InChI=1S/C20H26N4O3S/c1-3-28(26,27)22-18-6-4-16(5-7-18)20(25)21-17-8-10-19(11-9-17)24-14-12-23(2)13-15-24/h4-11,22H,3,12-15H2,1-2H3,(H,21,25). The van der Waals surface area contributed by atoms with Gasteiger partial charge in [0.2, 0.25) is 10.0 Å². The monoisotopic (exact) mass is 402 g/mol. The van der Waals surface area contributed by atoms with Gasteiger partial charge in [-0.3, -0.25) is 9.52 Å². The summed E-state index contributed by atoms with van der Waals surface area (Å²) in [6.07, 6.45) is 0. The minimum absolute atomic E-state index is 0.000633. The molecule has 0 bridgehead atoms. The summed E-state index contributed by atoms with van der Waals surface area (Å²) >= 11 is 0. The zero-order valence-electron chi connectivity index (χ0n) is 16.2. The molecular formula is C20H26N4O3S. The largest absolute Gasteiger partial charge is 0.369 e. The van der Waals surface area contributed by atoms with Crippen LogP contribution in [0, 0.1) is 0 Å². The van der Waals surface area contributed by atoms with E-state index in [2.05, 4.69) is 26.9 Å². The van der Waals surface area contributed by atoms with Gasteiger partial charge in [-0.25, -0.2) is 8.42 Å². The van der Waals surface area contributed by atoms with Crippen molar-refractivity contribution in [1.29, 1.82) is 0 Å². The van der Waals surface area contributed by atoms with Crippen molar-refractivity contribution >= 4 is 33.0 Å². The van der Waals surface area contributed by atoms with Crippen molar-refractivity contribution in [2.24, 2.45) is 0 Å². The van der Waals surface area contributed by atoms with Crippen molar-refractivity contribution in [2.45, 2.75) is 6.92 Å². The van der Waals surface area contributed by atoms with E-state index in [4.69, 9.17) is 0 Å². The fourth-order valence-electron chi connectivity index (χ4n) is 2.96. The molecule has 0 spiro atoms. The fraction of sp³-hybridized carbons (Fsp3) is 0.350. The summed E-state index contributed by atoms with van der Waals surface area (Å²) in [7, 11) is -1.20. The minimum Gasteiger partial charge on any atom is -0.369 e. The van der Waals surface area contributed by atoms with Crippen LogP contribution in [0.25, 0.3) is 0 Å². The Morgan fingerprint density at radius 1 is 0.929 bits per heavy atom. The Kier molecular flexibility index (Phi) is 6.21. The molecule has 0 aromatic heterocycles. The van der Waals surface area contributed by atoms with Crippen molar-refractivity contribution in [3.05, 3.63) is 54.1 Å². The predicted octanol–water partition coefficient (Wildman–Crippen LogP) is 2.45. The number of likely N-dealkylation sites (N-methyl/N-ethyl adjacent to an activating group) is 1. The molecule has 1 fully saturated rings. The molecule has 2 aromatic rings. The van der Waals surface area contributed by atoms with Crippen LogP contribution in [0.1, 0.15) is 17.3 Å². The summed E-state index contributed by atoms with van der Waals surface area (Å²) in [4.78, 5) is 17.1. The van der Waals surface area contributed by atoms with E-state index in [1.165, 1.54) is 0 Å². The number of amides is 1. The Morgan fingerprint density at radius 2 is 1.50 bits per heavy atom. The van der Waals surface area contributed by atoms with E-state index < -0.39 is 10.0 Å². The molecule has 0 aliphatic carbocycles. The van der Waals surface area contributed by atoms with Gasteiger partial charge in [0.05, 0.1) is 5.75 Å². The van der Waals surface area contributed by atoms with Gasteiger partial charge >= 0.3 is 0 Å². The Bertz CT molecular complexity index is 903. The van der Waals surface area contributed by atoms with Gasteiger partial charge in [0, 0.05) is 48.8 Å². The second kappa shape index (κ2) is 8.62. The normalized spacial score (nSPS) is 15.3. The molecule has 0 atom stereocenters. The molecule has 1 amide bonds. The molecule has 8 heteroatoms. The topological polar surface area (TPSA) is 81.7 Å². The van der Waals surface area contributed by atoms with Crippen molar-refractivity contribution < 1.29 is 13.2 Å². The Hall–Kier alpha value is -2.58. The molecule has 1 aliphatic heterocycles. The van der Waals surface area contributed by atoms with Gasteiger partial charge in [0.1, 0.15) is 0 Å². The highest BCUT2D eigenvalue weighted by Crippen LogP contribution is 2.20. The van der Waals surface area contributed by atoms with Crippen LogP contribution in [-0.2, 0) is 10.0 Å². The molecule has 0 unspecified atom stereocenters. The van der Waals surface area contributed by atoms with E-state index in [0.29, 0.717) is 11.3 Å². The van der Waals surface area contributed by atoms with Crippen LogP contribution < -0.4 is 14.9 Å². The quantitative estimate of drug-likeness (QED) is 0.776. The average Bonchev–Trinajstić information content (AvgIpc) is 2.69. The molecule has 7 nitrogen and oxygen atoms in total. The molecule has 2 aromatic carbocycles. The van der Waals surface area contributed by atoms with Gasteiger partial charge in [0.15, 0.2) is 0 Å². The first kappa shape index (κ1) is 20.2. The van der Waals surface area contributed by atoms with E-state index in [1.54, 1.807) is 31.2 Å². The highest BCUT2D eigenvalue weighted by atomic mass is 32.2. The highest BCUT2D eigenvalue weighted by Gasteiger charge is 2.14. The van der Waals surface area contributed by atoms with Gasteiger partial charge < -0.3 is 15.1 Å². The van der Waals surface area contributed by atoms with Gasteiger partial charge in [0.25, 0.3) is 5.91 Å². The lowest BCUT2D eigenvalue weighted by molar-refractivity contribution is 0.102. The number of carbonyl (C=O) groups excluding carboxylic acids is 1. The Labute approximate surface area is 166 Å². The predicted molar refractivity (Wildman–Crippen MR) is 114 cm³/mol. The first-order chi connectivity index (χ1) is 13.4. The number of piperazine rings is 1. The zero-order chi connectivity index (χ0) is 20.1. The molecule has 1 aliphatic rings. The molecule has 0 saturated carbocycles. The maximum atomic E-state index is 12.4. The van der Waals surface area contributed by atoms with Gasteiger partial charge in [-0.05, 0) is 62.5 Å². The molecule has 3 rings (SSSR count). The van der Waals surface area contributed by atoms with E-state index in [9.17, 15) is 13.2 Å². The van der Waals surface area contributed by atoms with Crippen LogP contribution in [-0.4, -0.2) is 58.2 Å². The van der Waals surface area contributed by atoms with Gasteiger partial charge in [-0.2, -0.15) is 0 Å². The number of nitrogens with one attached hydrogen (secondary N) is 2. The summed E-state index contributed by atoms with van der Waals surface area (Å²) in [5, 5.41) is 2.87. The van der Waals surface area contributed by atoms with Gasteiger partial charge in [-0.15, -0.1) is 0 Å². The fourth-order valence-corrected chi connectivity index (χ4v) is 3.60. The summed E-state index contributed by atoms with van der Waals surface area (Å²) in [5.74, 6) is -0.239. The van der Waals surface area contributed by atoms with E-state index in [-0.39, 0.29) is 11.7 Å². The first-order valence-electron chi connectivity index (χ1n) is 9.32. The third kappa shape index (κ3) is 5.24. The number of anilines is 3. The van der Waals surface area contributed by atoms with Crippen LogP contribution in [0.5, 0.6) is 0 Å². The second-order valence-corrected chi connectivity index (χ2v) is 8.89. The molecule has 150 valence electrons. The molecule has 1 heterocycles. The minimum atomic E-state index is -3.33. The zero-order valence-corrected chi connectivity index (χ0v) is 17.0. The third-order valence-corrected chi connectivity index (χ3v) is 6.10. The second-order valence-electron chi connectivity index (χ2n) is 6.87. The number of hydrogen-bond donors (Lipinski definition) is 2. The Morgan fingerprint density at radius 3 is 2.07 bits per heavy atom.